The molecule has 2 rings (SSSR count). The van der Waals surface area contributed by atoms with E-state index >= 15 is 0 Å². The molecule has 1 aliphatic rings. The molecule has 0 unspecified atom stereocenters. The second kappa shape index (κ2) is 6.12. The van der Waals surface area contributed by atoms with E-state index in [2.05, 4.69) is 16.7 Å². The van der Waals surface area contributed by atoms with Crippen molar-refractivity contribution in [2.75, 3.05) is 32.7 Å². The van der Waals surface area contributed by atoms with E-state index in [1.165, 1.54) is 12.1 Å². The van der Waals surface area contributed by atoms with Crippen LogP contribution in [0.4, 0.5) is 4.39 Å². The van der Waals surface area contributed by atoms with Crippen LogP contribution in [0.5, 0.6) is 0 Å². The number of carboxylic acid groups (broad SMARTS) is 1. The average Bonchev–Trinajstić information content (AvgIpc) is 2.41. The molecular weight excluding hydrogens is 247 g/mol. The van der Waals surface area contributed by atoms with Gasteiger partial charge >= 0.3 is 5.97 Å². The third kappa shape index (κ3) is 3.52. The van der Waals surface area contributed by atoms with Gasteiger partial charge in [-0.15, -0.1) is 0 Å². The maximum absolute atomic E-state index is 13.3. The van der Waals surface area contributed by atoms with Gasteiger partial charge in [-0.05, 0) is 24.2 Å². The molecule has 0 bridgehead atoms. The van der Waals surface area contributed by atoms with Crippen molar-refractivity contribution in [1.82, 2.24) is 9.80 Å². The lowest BCUT2D eigenvalue weighted by atomic mass is 10.1. The smallest absolute Gasteiger partial charge is 0.338 e. The van der Waals surface area contributed by atoms with Gasteiger partial charge in [-0.2, -0.15) is 0 Å². The normalized spacial score (nSPS) is 17.6. The van der Waals surface area contributed by atoms with Crippen LogP contribution < -0.4 is 0 Å². The molecule has 1 aromatic carbocycles. The van der Waals surface area contributed by atoms with Crippen molar-refractivity contribution in [2.45, 2.75) is 13.5 Å². The molecule has 0 amide bonds. The number of carbonyl (C=O) groups is 1. The number of likely N-dealkylation sites (N-methyl/N-ethyl adjacent to an activating group) is 1. The van der Waals surface area contributed by atoms with E-state index in [1.807, 2.05) is 0 Å². The first kappa shape index (κ1) is 14.0. The number of carboxylic acids is 1. The third-order valence-corrected chi connectivity index (χ3v) is 3.58. The minimum Gasteiger partial charge on any atom is -0.478 e. The largest absolute Gasteiger partial charge is 0.478 e. The van der Waals surface area contributed by atoms with E-state index in [0.717, 1.165) is 38.3 Å². The molecule has 0 aliphatic carbocycles. The molecular formula is C14H19FN2O2. The van der Waals surface area contributed by atoms with E-state index < -0.39 is 11.8 Å². The van der Waals surface area contributed by atoms with E-state index in [-0.39, 0.29) is 5.56 Å². The number of piperazine rings is 1. The van der Waals surface area contributed by atoms with E-state index in [1.54, 1.807) is 6.07 Å². The highest BCUT2D eigenvalue weighted by atomic mass is 19.1. The fourth-order valence-electron chi connectivity index (χ4n) is 2.36. The summed E-state index contributed by atoms with van der Waals surface area (Å²) in [6.45, 7) is 7.88. The van der Waals surface area contributed by atoms with Crippen LogP contribution in [0.2, 0.25) is 0 Å². The highest BCUT2D eigenvalue weighted by Crippen LogP contribution is 2.14. The summed E-state index contributed by atoms with van der Waals surface area (Å²) in [5.74, 6) is -1.89. The van der Waals surface area contributed by atoms with Gasteiger partial charge in [0.05, 0.1) is 5.56 Å². The lowest BCUT2D eigenvalue weighted by molar-refractivity contribution is 0.0691. The van der Waals surface area contributed by atoms with Crippen LogP contribution >= 0.6 is 0 Å². The zero-order chi connectivity index (χ0) is 13.8. The van der Waals surface area contributed by atoms with Gasteiger partial charge in [0.2, 0.25) is 0 Å². The number of benzene rings is 1. The topological polar surface area (TPSA) is 43.8 Å². The minimum atomic E-state index is -1.21. The Morgan fingerprint density at radius 3 is 2.47 bits per heavy atom. The monoisotopic (exact) mass is 266 g/mol. The van der Waals surface area contributed by atoms with E-state index in [9.17, 15) is 9.18 Å². The van der Waals surface area contributed by atoms with Crippen molar-refractivity contribution < 1.29 is 14.3 Å². The first-order chi connectivity index (χ1) is 9.10. The quantitative estimate of drug-likeness (QED) is 0.900. The zero-order valence-electron chi connectivity index (χ0n) is 11.1. The van der Waals surface area contributed by atoms with Gasteiger partial charge in [-0.3, -0.25) is 4.90 Å². The Balaban J connectivity index is 2.00. The molecule has 1 fully saturated rings. The molecule has 0 radical (unpaired) electrons. The van der Waals surface area contributed by atoms with Crippen molar-refractivity contribution in [3.63, 3.8) is 0 Å². The summed E-state index contributed by atoms with van der Waals surface area (Å²) in [5, 5.41) is 8.90. The number of rotatable bonds is 4. The molecule has 104 valence electrons. The van der Waals surface area contributed by atoms with Gasteiger partial charge in [0, 0.05) is 32.7 Å². The Bertz CT molecular complexity index is 457. The lowest BCUT2D eigenvalue weighted by Gasteiger charge is -2.34. The summed E-state index contributed by atoms with van der Waals surface area (Å²) >= 11 is 0. The van der Waals surface area contributed by atoms with Crippen LogP contribution in [0.15, 0.2) is 18.2 Å². The Hall–Kier alpha value is -1.46. The zero-order valence-corrected chi connectivity index (χ0v) is 11.1. The Labute approximate surface area is 112 Å². The Morgan fingerprint density at radius 2 is 1.89 bits per heavy atom. The van der Waals surface area contributed by atoms with Crippen molar-refractivity contribution >= 4 is 5.97 Å². The predicted molar refractivity (Wildman–Crippen MR) is 70.8 cm³/mol. The van der Waals surface area contributed by atoms with Crippen molar-refractivity contribution in [3.8, 4) is 0 Å². The van der Waals surface area contributed by atoms with Gasteiger partial charge in [-0.1, -0.05) is 13.0 Å². The first-order valence-corrected chi connectivity index (χ1v) is 6.56. The number of halogens is 1. The summed E-state index contributed by atoms with van der Waals surface area (Å²) in [6.07, 6.45) is 0. The van der Waals surface area contributed by atoms with E-state index in [0.29, 0.717) is 6.54 Å². The fourth-order valence-corrected chi connectivity index (χ4v) is 2.36. The fraction of sp³-hybridized carbons (Fsp3) is 0.500. The molecule has 0 spiro atoms. The van der Waals surface area contributed by atoms with E-state index in [4.69, 9.17) is 5.11 Å². The van der Waals surface area contributed by atoms with Crippen LogP contribution in [0, 0.1) is 5.82 Å². The van der Waals surface area contributed by atoms with Crippen LogP contribution in [0.3, 0.4) is 0 Å². The summed E-state index contributed by atoms with van der Waals surface area (Å²) < 4.78 is 13.3. The van der Waals surface area contributed by atoms with Crippen LogP contribution in [-0.2, 0) is 6.54 Å². The molecule has 1 heterocycles. The molecule has 0 saturated carbocycles. The Kier molecular flexibility index (Phi) is 4.50. The van der Waals surface area contributed by atoms with Crippen LogP contribution in [0.1, 0.15) is 22.8 Å². The number of hydrogen-bond acceptors (Lipinski definition) is 3. The summed E-state index contributed by atoms with van der Waals surface area (Å²) in [6, 6.07) is 4.33. The van der Waals surface area contributed by atoms with Gasteiger partial charge in [0.15, 0.2) is 0 Å². The maximum Gasteiger partial charge on any atom is 0.338 e. The molecule has 0 atom stereocenters. The number of hydrogen-bond donors (Lipinski definition) is 1. The second-order valence-electron chi connectivity index (χ2n) is 4.83. The maximum atomic E-state index is 13.3. The summed E-state index contributed by atoms with van der Waals surface area (Å²) in [5.41, 5.74) is 0.605. The molecule has 1 aromatic rings. The van der Waals surface area contributed by atoms with Gasteiger partial charge in [0.1, 0.15) is 5.82 Å². The minimum absolute atomic E-state index is 0.246. The van der Waals surface area contributed by atoms with Crippen molar-refractivity contribution in [1.29, 1.82) is 0 Å². The predicted octanol–water partition coefficient (Wildman–Crippen LogP) is 1.66. The Morgan fingerprint density at radius 1 is 1.26 bits per heavy atom. The van der Waals surface area contributed by atoms with Crippen LogP contribution in [0.25, 0.3) is 0 Å². The molecule has 1 aliphatic heterocycles. The SMILES string of the molecule is CCN1CCN(Cc2ccc(F)c(C(=O)O)c2)CC1. The summed E-state index contributed by atoms with van der Waals surface area (Å²) in [4.78, 5) is 15.5. The number of nitrogens with zero attached hydrogens (tertiary/aromatic N) is 2. The highest BCUT2D eigenvalue weighted by molar-refractivity contribution is 5.88. The highest BCUT2D eigenvalue weighted by Gasteiger charge is 2.17. The molecule has 4 nitrogen and oxygen atoms in total. The first-order valence-electron chi connectivity index (χ1n) is 6.56. The summed E-state index contributed by atoms with van der Waals surface area (Å²) in [7, 11) is 0. The average molecular weight is 266 g/mol. The van der Waals surface area contributed by atoms with Gasteiger partial charge in [-0.25, -0.2) is 9.18 Å². The van der Waals surface area contributed by atoms with Gasteiger partial charge < -0.3 is 10.0 Å². The molecule has 1 N–H and O–H groups in total. The third-order valence-electron chi connectivity index (χ3n) is 3.58. The molecule has 1 saturated heterocycles. The number of aromatic carboxylic acids is 1. The molecule has 19 heavy (non-hydrogen) atoms. The second-order valence-corrected chi connectivity index (χ2v) is 4.83. The van der Waals surface area contributed by atoms with Crippen molar-refractivity contribution in [2.24, 2.45) is 0 Å². The standard InChI is InChI=1S/C14H19FN2O2/c1-2-16-5-7-17(8-6-16)10-11-3-4-13(15)12(9-11)14(18)19/h3-4,9H,2,5-8,10H2,1H3,(H,18,19). The molecule has 5 heteroatoms. The van der Waals surface area contributed by atoms with Crippen LogP contribution in [-0.4, -0.2) is 53.6 Å². The lowest BCUT2D eigenvalue weighted by Crippen LogP contribution is -2.45. The van der Waals surface area contributed by atoms with Crippen molar-refractivity contribution in [3.05, 3.63) is 35.1 Å². The van der Waals surface area contributed by atoms with Gasteiger partial charge in [0.25, 0.3) is 0 Å². The molecule has 0 aromatic heterocycles.